The molecule has 1 aromatic heterocycles. The molecule has 1 amide bonds. The lowest BCUT2D eigenvalue weighted by Crippen LogP contribution is -2.46. The van der Waals surface area contributed by atoms with Crippen LogP contribution in [0.4, 0.5) is 0 Å². The first-order valence-electron chi connectivity index (χ1n) is 13.2. The van der Waals surface area contributed by atoms with Crippen LogP contribution in [0, 0.1) is 36.3 Å². The van der Waals surface area contributed by atoms with Crippen molar-refractivity contribution in [2.75, 3.05) is 19.7 Å². The average Bonchev–Trinajstić information content (AvgIpc) is 2.88. The van der Waals surface area contributed by atoms with Crippen molar-refractivity contribution in [2.45, 2.75) is 66.2 Å². The maximum absolute atomic E-state index is 13.3. The number of hydrogen-bond donors (Lipinski definition) is 0. The second-order valence-electron chi connectivity index (χ2n) is 10.7. The summed E-state index contributed by atoms with van der Waals surface area (Å²) in [4.78, 5) is 20.7. The van der Waals surface area contributed by atoms with Crippen LogP contribution >= 0.6 is 15.9 Å². The van der Waals surface area contributed by atoms with Gasteiger partial charge in [0, 0.05) is 36.5 Å². The molecule has 1 saturated heterocycles. The molecule has 194 valence electrons. The van der Waals surface area contributed by atoms with E-state index in [4.69, 9.17) is 4.84 Å². The largest absolute Gasteiger partial charge is 0.618 e. The van der Waals surface area contributed by atoms with Crippen LogP contribution < -0.4 is 4.73 Å². The third-order valence-corrected chi connectivity index (χ3v) is 9.01. The summed E-state index contributed by atoms with van der Waals surface area (Å²) in [6, 6.07) is 10.1. The molecule has 1 aliphatic carbocycles. The number of rotatable bonds is 6. The van der Waals surface area contributed by atoms with Crippen molar-refractivity contribution in [1.82, 2.24) is 4.90 Å². The maximum Gasteiger partial charge on any atom is 0.260 e. The van der Waals surface area contributed by atoms with Gasteiger partial charge in [-0.05, 0) is 87.0 Å². The number of amides is 1. The van der Waals surface area contributed by atoms with E-state index in [0.29, 0.717) is 29.7 Å². The molecule has 1 aliphatic heterocycles. The van der Waals surface area contributed by atoms with E-state index in [-0.39, 0.29) is 11.3 Å². The highest BCUT2D eigenvalue weighted by Crippen LogP contribution is 2.47. The number of nitrogens with zero attached hydrogens (tertiary/aromatic N) is 3. The van der Waals surface area contributed by atoms with Gasteiger partial charge in [-0.25, -0.2) is 0 Å². The Labute approximate surface area is 223 Å². The van der Waals surface area contributed by atoms with Crippen molar-refractivity contribution in [1.29, 1.82) is 0 Å². The highest BCUT2D eigenvalue weighted by atomic mass is 79.9. The molecular formula is C29H38BrN3O3. The standard InChI is InChI=1S/C29H38BrN3O3/c1-5-36-31-27(23-8-12-25(30)13-9-23)22-6-10-24(11-7-22)29(4)15-18-32(19-16-29)28(34)26-20(2)14-17-33(35)21(26)3/h8-9,12-14,17,22,24H,5-7,10-11,15-16,18-19H2,1-4H3/b31-27-. The van der Waals surface area contributed by atoms with Gasteiger partial charge in [0.15, 0.2) is 6.20 Å². The zero-order valence-corrected chi connectivity index (χ0v) is 23.5. The second kappa shape index (κ2) is 11.3. The smallest absolute Gasteiger partial charge is 0.260 e. The minimum absolute atomic E-state index is 0.00719. The summed E-state index contributed by atoms with van der Waals surface area (Å²) in [5.41, 5.74) is 4.35. The summed E-state index contributed by atoms with van der Waals surface area (Å²) in [6.07, 6.45) is 8.04. The number of pyridine rings is 1. The molecule has 6 nitrogen and oxygen atoms in total. The Morgan fingerprint density at radius 1 is 1.14 bits per heavy atom. The molecule has 2 aliphatic rings. The van der Waals surface area contributed by atoms with Gasteiger partial charge in [0.2, 0.25) is 5.69 Å². The number of likely N-dealkylation sites (tertiary alicyclic amines) is 1. The monoisotopic (exact) mass is 555 g/mol. The predicted octanol–water partition coefficient (Wildman–Crippen LogP) is 6.19. The van der Waals surface area contributed by atoms with Crippen molar-refractivity contribution in [3.05, 3.63) is 68.6 Å². The summed E-state index contributed by atoms with van der Waals surface area (Å²) >= 11 is 3.53. The summed E-state index contributed by atoms with van der Waals surface area (Å²) in [5.74, 6) is 1.04. The van der Waals surface area contributed by atoms with Crippen LogP contribution in [-0.2, 0) is 4.84 Å². The molecule has 7 heteroatoms. The zero-order chi connectivity index (χ0) is 25.9. The van der Waals surface area contributed by atoms with Crippen LogP contribution in [0.1, 0.15) is 79.6 Å². The summed E-state index contributed by atoms with van der Waals surface area (Å²) in [7, 11) is 0. The molecule has 1 aromatic carbocycles. The highest BCUT2D eigenvalue weighted by Gasteiger charge is 2.41. The number of carbonyl (C=O) groups excluding carboxylic acids is 1. The van der Waals surface area contributed by atoms with Crippen LogP contribution in [-0.4, -0.2) is 36.2 Å². The number of hydrogen-bond acceptors (Lipinski definition) is 4. The average molecular weight is 557 g/mol. The predicted molar refractivity (Wildman–Crippen MR) is 146 cm³/mol. The van der Waals surface area contributed by atoms with Crippen molar-refractivity contribution < 1.29 is 14.4 Å². The first-order valence-corrected chi connectivity index (χ1v) is 14.0. The lowest BCUT2D eigenvalue weighted by molar-refractivity contribution is -0.612. The zero-order valence-electron chi connectivity index (χ0n) is 21.9. The highest BCUT2D eigenvalue weighted by molar-refractivity contribution is 9.10. The number of aryl methyl sites for hydroxylation is 1. The number of halogens is 1. The Morgan fingerprint density at radius 2 is 1.78 bits per heavy atom. The second-order valence-corrected chi connectivity index (χ2v) is 11.6. The third kappa shape index (κ3) is 5.61. The lowest BCUT2D eigenvalue weighted by atomic mass is 9.63. The topological polar surface area (TPSA) is 68.8 Å². The molecule has 0 atom stereocenters. The summed E-state index contributed by atoms with van der Waals surface area (Å²) in [6.45, 7) is 10.1. The quantitative estimate of drug-likeness (QED) is 0.185. The third-order valence-electron chi connectivity index (χ3n) is 8.48. The molecule has 0 bridgehead atoms. The minimum Gasteiger partial charge on any atom is -0.618 e. The SMILES string of the molecule is CCO/N=C(\c1ccc(Br)cc1)C1CCC(C2(C)CCN(C(=O)c3c(C)cc[n+]([O-])c3C)CC2)CC1. The van der Waals surface area contributed by atoms with Gasteiger partial charge in [-0.2, -0.15) is 4.73 Å². The molecule has 2 fully saturated rings. The Bertz CT molecular complexity index is 1100. The van der Waals surface area contributed by atoms with Gasteiger partial charge in [0.05, 0.1) is 5.71 Å². The van der Waals surface area contributed by atoms with Gasteiger partial charge >= 0.3 is 0 Å². The fourth-order valence-corrected chi connectivity index (χ4v) is 6.33. The molecule has 0 N–H and O–H groups in total. The summed E-state index contributed by atoms with van der Waals surface area (Å²) < 4.78 is 1.86. The lowest BCUT2D eigenvalue weighted by Gasteiger charge is -2.47. The van der Waals surface area contributed by atoms with Gasteiger partial charge in [-0.1, -0.05) is 40.1 Å². The molecule has 0 spiro atoms. The van der Waals surface area contributed by atoms with Crippen LogP contribution in [0.25, 0.3) is 0 Å². The van der Waals surface area contributed by atoms with E-state index in [1.54, 1.807) is 13.0 Å². The summed E-state index contributed by atoms with van der Waals surface area (Å²) in [5, 5.41) is 16.6. The fraction of sp³-hybridized carbons (Fsp3) is 0.552. The van der Waals surface area contributed by atoms with E-state index in [0.717, 1.165) is 64.8 Å². The van der Waals surface area contributed by atoms with Crippen LogP contribution in [0.15, 0.2) is 46.2 Å². The molecule has 0 unspecified atom stereocenters. The molecule has 1 saturated carbocycles. The van der Waals surface area contributed by atoms with Crippen molar-refractivity contribution >= 4 is 27.5 Å². The Kier molecular flexibility index (Phi) is 8.38. The van der Waals surface area contributed by atoms with Crippen molar-refractivity contribution in [3.8, 4) is 0 Å². The van der Waals surface area contributed by atoms with E-state index in [1.165, 1.54) is 19.0 Å². The first-order chi connectivity index (χ1) is 17.2. The first kappa shape index (κ1) is 26.6. The normalized spacial score (nSPS) is 22.4. The number of carbonyl (C=O) groups is 1. The molecule has 4 rings (SSSR count). The van der Waals surface area contributed by atoms with E-state index in [9.17, 15) is 10.0 Å². The fourth-order valence-electron chi connectivity index (χ4n) is 6.06. The number of piperidine rings is 1. The van der Waals surface area contributed by atoms with E-state index in [1.807, 2.05) is 18.7 Å². The Hall–Kier alpha value is -2.41. The molecular weight excluding hydrogens is 518 g/mol. The minimum atomic E-state index is -0.00719. The molecule has 2 aromatic rings. The van der Waals surface area contributed by atoms with Gasteiger partial charge in [-0.15, -0.1) is 0 Å². The van der Waals surface area contributed by atoms with Gasteiger partial charge in [-0.3, -0.25) is 4.79 Å². The molecule has 2 heterocycles. The van der Waals surface area contributed by atoms with E-state index >= 15 is 0 Å². The number of oxime groups is 1. The maximum atomic E-state index is 13.3. The van der Waals surface area contributed by atoms with Gasteiger partial charge in [0.25, 0.3) is 5.91 Å². The van der Waals surface area contributed by atoms with E-state index < -0.39 is 0 Å². The number of benzene rings is 1. The number of aromatic nitrogens is 1. The van der Waals surface area contributed by atoms with Gasteiger partial charge in [0.1, 0.15) is 12.2 Å². The Balaban J connectivity index is 1.38. The van der Waals surface area contributed by atoms with E-state index in [2.05, 4.69) is 52.3 Å². The Morgan fingerprint density at radius 3 is 2.39 bits per heavy atom. The van der Waals surface area contributed by atoms with Crippen molar-refractivity contribution in [2.24, 2.45) is 22.4 Å². The van der Waals surface area contributed by atoms with Crippen LogP contribution in [0.2, 0.25) is 0 Å². The molecule has 36 heavy (non-hydrogen) atoms. The van der Waals surface area contributed by atoms with Crippen LogP contribution in [0.3, 0.4) is 0 Å². The van der Waals surface area contributed by atoms with Crippen molar-refractivity contribution in [3.63, 3.8) is 0 Å². The van der Waals surface area contributed by atoms with Crippen LogP contribution in [0.5, 0.6) is 0 Å². The van der Waals surface area contributed by atoms with Gasteiger partial charge < -0.3 is 14.9 Å². The molecule has 0 radical (unpaired) electrons.